The highest BCUT2D eigenvalue weighted by molar-refractivity contribution is 6.49. The lowest BCUT2D eigenvalue weighted by Crippen LogP contribution is -2.32. The highest BCUT2D eigenvalue weighted by atomic mass is 15.2. The summed E-state index contributed by atoms with van der Waals surface area (Å²) in [7, 11) is 0. The SMILES string of the molecule is C#CC/C=C\c1c(C)n(C2=CCC#CC(C3=NC(C#N)C#CC(c4ccc(N5C(C#C)=C(/C=C\C)C6=CC/C=C\C5C#C6)cc4)N=C3C#N)C=C2)c2ccccc12. The van der Waals surface area contributed by atoms with Crippen molar-refractivity contribution in [2.45, 2.75) is 51.2 Å². The van der Waals surface area contributed by atoms with Gasteiger partial charge in [-0.1, -0.05) is 120 Å². The second kappa shape index (κ2) is 17.0. The molecule has 2 aliphatic heterocycles. The Kier molecular flexibility index (Phi) is 11.2. The molecular formula is C51H36N6. The Morgan fingerprint density at radius 3 is 2.58 bits per heavy atom. The maximum absolute atomic E-state index is 10.5. The van der Waals surface area contributed by atoms with Gasteiger partial charge in [0.05, 0.1) is 17.1 Å². The van der Waals surface area contributed by atoms with Crippen LogP contribution in [-0.2, 0) is 0 Å². The fourth-order valence-electron chi connectivity index (χ4n) is 7.25. The molecule has 2 aliphatic carbocycles. The summed E-state index contributed by atoms with van der Waals surface area (Å²) in [6.45, 7) is 4.05. The summed E-state index contributed by atoms with van der Waals surface area (Å²) < 4.78 is 2.21. The summed E-state index contributed by atoms with van der Waals surface area (Å²) in [6.07, 6.45) is 33.8. The molecule has 1 aromatic heterocycles. The Hall–Kier alpha value is -7.92. The molecule has 0 radical (unpaired) electrons. The topological polar surface area (TPSA) is 80.5 Å². The van der Waals surface area contributed by atoms with Crippen LogP contribution in [0.5, 0.6) is 0 Å². The van der Waals surface area contributed by atoms with Gasteiger partial charge in [-0.15, -0.1) is 18.8 Å². The standard InChI is InChI=1S/C51H36N6/c1-5-8-9-21-44-36(4)56(50-23-15-14-22-46(44)50)41-19-13-11-18-39(27-32-41)51-48(35-53)55-47(33-28-40(34-52)54-51)38-25-30-43(31-26-38)57-42-20-12-10-17-37(24-29-42)45(16-6-2)49(57)7-3/h1,3,6,9,12,14-17,19-23,25-27,30-32,39-40,42,47H,8,10,13H2,2,4H3/b16-6-,20-12-,21-9-,32-27?,37-17?,41-19?,54-51?,55-48?. The molecule has 0 saturated carbocycles. The number of allylic oxidation sites excluding steroid dienone is 12. The van der Waals surface area contributed by atoms with Crippen LogP contribution >= 0.6 is 0 Å². The maximum Gasteiger partial charge on any atom is 0.196 e. The second-order valence-electron chi connectivity index (χ2n) is 13.3. The number of nitrogens with zero attached hydrogens (tertiary/aromatic N) is 6. The van der Waals surface area contributed by atoms with Gasteiger partial charge in [-0.05, 0) is 56.2 Å². The van der Waals surface area contributed by atoms with Crippen molar-refractivity contribution >= 4 is 39.8 Å². The lowest BCUT2D eigenvalue weighted by atomic mass is 9.96. The Balaban J connectivity index is 1.23. The van der Waals surface area contributed by atoms with Gasteiger partial charge in [0, 0.05) is 52.0 Å². The molecule has 0 saturated heterocycles. The maximum atomic E-state index is 10.5. The third-order valence-electron chi connectivity index (χ3n) is 9.87. The van der Waals surface area contributed by atoms with E-state index in [1.807, 2.05) is 73.7 Å². The van der Waals surface area contributed by atoms with Gasteiger partial charge in [0.1, 0.15) is 29.9 Å². The molecule has 6 heteroatoms. The van der Waals surface area contributed by atoms with Gasteiger partial charge in [0.15, 0.2) is 11.8 Å². The van der Waals surface area contributed by atoms with E-state index in [0.717, 1.165) is 56.7 Å². The smallest absolute Gasteiger partial charge is 0.196 e. The number of rotatable bonds is 7. The third-order valence-corrected chi connectivity index (χ3v) is 9.87. The zero-order valence-electron chi connectivity index (χ0n) is 31.7. The molecule has 3 heterocycles. The first-order chi connectivity index (χ1) is 28.0. The average molecular weight is 733 g/mol. The van der Waals surface area contributed by atoms with Crippen molar-refractivity contribution in [2.75, 3.05) is 4.90 Å². The number of hydrogen-bond donors (Lipinski definition) is 0. The van der Waals surface area contributed by atoms with Crippen LogP contribution in [0.1, 0.15) is 49.0 Å². The minimum Gasteiger partial charge on any atom is -0.316 e. The van der Waals surface area contributed by atoms with Crippen LogP contribution in [-0.4, -0.2) is 28.1 Å². The minimum absolute atomic E-state index is 0.0798. The van der Waals surface area contributed by atoms with E-state index in [1.165, 1.54) is 0 Å². The lowest BCUT2D eigenvalue weighted by molar-refractivity contribution is 0.916. The number of hydrogen-bond acceptors (Lipinski definition) is 5. The predicted octanol–water partition coefficient (Wildman–Crippen LogP) is 9.00. The van der Waals surface area contributed by atoms with Crippen molar-refractivity contribution in [1.82, 2.24) is 4.57 Å². The average Bonchev–Trinajstić information content (AvgIpc) is 3.42. The van der Waals surface area contributed by atoms with Gasteiger partial charge >= 0.3 is 0 Å². The summed E-state index contributed by atoms with van der Waals surface area (Å²) in [6, 6.07) is 18.5. The number of nitriles is 2. The van der Waals surface area contributed by atoms with Crippen molar-refractivity contribution in [2.24, 2.45) is 15.9 Å². The number of aromatic nitrogens is 1. The number of fused-ring (bicyclic) bond motifs is 3. The molecule has 0 N–H and O–H groups in total. The highest BCUT2D eigenvalue weighted by Gasteiger charge is 2.27. The van der Waals surface area contributed by atoms with Crippen LogP contribution in [0.25, 0.3) is 22.7 Å². The fraction of sp³-hybridized carbons (Fsp3) is 0.176. The molecule has 2 bridgehead atoms. The molecule has 0 amide bonds. The van der Waals surface area contributed by atoms with Gasteiger partial charge in [0.25, 0.3) is 0 Å². The van der Waals surface area contributed by atoms with Crippen molar-refractivity contribution in [3.05, 3.63) is 137 Å². The summed E-state index contributed by atoms with van der Waals surface area (Å²) in [5.74, 6) is 24.3. The molecule has 0 spiro atoms. The fourth-order valence-corrected chi connectivity index (χ4v) is 7.25. The van der Waals surface area contributed by atoms with E-state index in [1.54, 1.807) is 0 Å². The number of terminal acetylenes is 2. The second-order valence-corrected chi connectivity index (χ2v) is 13.3. The summed E-state index contributed by atoms with van der Waals surface area (Å²) in [4.78, 5) is 11.6. The highest BCUT2D eigenvalue weighted by Crippen LogP contribution is 2.34. The van der Waals surface area contributed by atoms with Crippen LogP contribution < -0.4 is 4.90 Å². The number of aliphatic imine (C=N–C) groups is 2. The summed E-state index contributed by atoms with van der Waals surface area (Å²) in [5.41, 5.74) is 8.63. The van der Waals surface area contributed by atoms with Gasteiger partial charge < -0.3 is 9.47 Å². The minimum atomic E-state index is -1.02. The first kappa shape index (κ1) is 37.4. The molecule has 4 aliphatic rings. The molecule has 270 valence electrons. The monoisotopic (exact) mass is 732 g/mol. The predicted molar refractivity (Wildman–Crippen MR) is 232 cm³/mol. The van der Waals surface area contributed by atoms with Crippen LogP contribution in [0.4, 0.5) is 5.69 Å². The molecule has 0 fully saturated rings. The first-order valence-corrected chi connectivity index (χ1v) is 18.6. The molecule has 4 unspecified atom stereocenters. The number of para-hydroxylation sites is 1. The largest absolute Gasteiger partial charge is 0.316 e. The zero-order chi connectivity index (χ0) is 39.7. The summed E-state index contributed by atoms with van der Waals surface area (Å²) in [5, 5.41) is 21.8. The third kappa shape index (κ3) is 7.58. The Labute approximate surface area is 335 Å². The van der Waals surface area contributed by atoms with E-state index in [-0.39, 0.29) is 11.8 Å². The van der Waals surface area contributed by atoms with E-state index in [2.05, 4.69) is 123 Å². The van der Waals surface area contributed by atoms with E-state index < -0.39 is 18.0 Å². The molecule has 6 nitrogen and oxygen atoms in total. The molecule has 57 heavy (non-hydrogen) atoms. The molecular weight excluding hydrogens is 697 g/mol. The van der Waals surface area contributed by atoms with Gasteiger partial charge in [-0.2, -0.15) is 10.5 Å². The van der Waals surface area contributed by atoms with E-state index >= 15 is 0 Å². The molecule has 2 aromatic carbocycles. The van der Waals surface area contributed by atoms with Gasteiger partial charge in [-0.3, -0.25) is 9.98 Å². The van der Waals surface area contributed by atoms with Crippen LogP contribution in [0.3, 0.4) is 0 Å². The van der Waals surface area contributed by atoms with Crippen molar-refractivity contribution < 1.29 is 0 Å². The van der Waals surface area contributed by atoms with Crippen LogP contribution in [0.15, 0.2) is 130 Å². The van der Waals surface area contributed by atoms with Crippen molar-refractivity contribution in [3.8, 4) is 72.3 Å². The lowest BCUT2D eigenvalue weighted by Gasteiger charge is -2.29. The van der Waals surface area contributed by atoms with Gasteiger partial charge in [0.2, 0.25) is 0 Å². The normalized spacial score (nSPS) is 21.6. The molecule has 7 rings (SSSR count). The van der Waals surface area contributed by atoms with Crippen LogP contribution in [0.2, 0.25) is 0 Å². The van der Waals surface area contributed by atoms with Gasteiger partial charge in [-0.25, -0.2) is 0 Å². The quantitative estimate of drug-likeness (QED) is 0.180. The zero-order valence-corrected chi connectivity index (χ0v) is 31.7. The van der Waals surface area contributed by atoms with Crippen molar-refractivity contribution in [3.63, 3.8) is 0 Å². The van der Waals surface area contributed by atoms with Crippen molar-refractivity contribution in [1.29, 1.82) is 10.5 Å². The first-order valence-electron chi connectivity index (χ1n) is 18.6. The van der Waals surface area contributed by atoms with E-state index in [4.69, 9.17) is 17.8 Å². The summed E-state index contributed by atoms with van der Waals surface area (Å²) >= 11 is 0. The molecule has 3 aromatic rings. The number of anilines is 1. The van der Waals surface area contributed by atoms with E-state index in [0.29, 0.717) is 24.3 Å². The Morgan fingerprint density at radius 1 is 0.965 bits per heavy atom. The van der Waals surface area contributed by atoms with Crippen LogP contribution in [0, 0.1) is 95.7 Å². The van der Waals surface area contributed by atoms with E-state index in [9.17, 15) is 10.5 Å². The number of benzene rings is 2. The Morgan fingerprint density at radius 2 is 1.81 bits per heavy atom. The molecule has 4 atom stereocenters. The Bertz CT molecular complexity index is 2810.